The van der Waals surface area contributed by atoms with Gasteiger partial charge >= 0.3 is 5.97 Å². The number of anilines is 1. The van der Waals surface area contributed by atoms with Crippen LogP contribution in [0.25, 0.3) is 0 Å². The van der Waals surface area contributed by atoms with Gasteiger partial charge in [0.1, 0.15) is 29.8 Å². The molecular formula is C38H43BrClN3O8. The van der Waals surface area contributed by atoms with E-state index in [2.05, 4.69) is 21.2 Å². The second-order valence-corrected chi connectivity index (χ2v) is 15.2. The highest BCUT2D eigenvalue weighted by molar-refractivity contribution is 9.11. The molecular weight excluding hydrogens is 742 g/mol. The van der Waals surface area contributed by atoms with Crippen molar-refractivity contribution >= 4 is 56.9 Å². The lowest BCUT2D eigenvalue weighted by molar-refractivity contribution is -0.162. The van der Waals surface area contributed by atoms with E-state index in [4.69, 9.17) is 25.8 Å². The minimum Gasteiger partial charge on any atom is -0.455 e. The minimum atomic E-state index is -1.55. The average molecular weight is 785 g/mol. The number of aliphatic hydroxyl groups is 1. The van der Waals surface area contributed by atoms with E-state index in [1.54, 1.807) is 53.5 Å². The Kier molecular flexibility index (Phi) is 11.4. The largest absolute Gasteiger partial charge is 0.455 e. The third-order valence-electron chi connectivity index (χ3n) is 10.0. The van der Waals surface area contributed by atoms with Gasteiger partial charge in [-0.05, 0) is 54.7 Å². The Labute approximate surface area is 311 Å². The fourth-order valence-corrected chi connectivity index (χ4v) is 8.78. The summed E-state index contributed by atoms with van der Waals surface area (Å²) in [4.78, 5) is 60.8. The first-order valence-electron chi connectivity index (χ1n) is 17.3. The summed E-state index contributed by atoms with van der Waals surface area (Å²) < 4.78 is 19.0. The number of aliphatic hydroxyl groups excluding tert-OH is 1. The summed E-state index contributed by atoms with van der Waals surface area (Å²) in [5, 5.41) is 14.2. The van der Waals surface area contributed by atoms with Gasteiger partial charge in [-0.1, -0.05) is 83.9 Å². The molecule has 0 radical (unpaired) electrons. The molecule has 4 aliphatic heterocycles. The summed E-state index contributed by atoms with van der Waals surface area (Å²) in [5.41, 5.74) is -0.389. The van der Waals surface area contributed by atoms with Gasteiger partial charge in [0.2, 0.25) is 11.8 Å². The number of ether oxygens (including phenoxy) is 3. The predicted octanol–water partition coefficient (Wildman–Crippen LogP) is 4.72. The van der Waals surface area contributed by atoms with Crippen molar-refractivity contribution < 1.29 is 38.5 Å². The molecule has 2 aromatic carbocycles. The summed E-state index contributed by atoms with van der Waals surface area (Å²) in [7, 11) is 1.50. The lowest BCUT2D eigenvalue weighted by atomic mass is 9.74. The maximum atomic E-state index is 15.1. The first-order valence-corrected chi connectivity index (χ1v) is 18.4. The van der Waals surface area contributed by atoms with Crippen LogP contribution in [0.3, 0.4) is 0 Å². The zero-order valence-corrected chi connectivity index (χ0v) is 31.1. The van der Waals surface area contributed by atoms with Crippen molar-refractivity contribution in [3.63, 3.8) is 0 Å². The molecule has 0 aromatic heterocycles. The van der Waals surface area contributed by atoms with Gasteiger partial charge < -0.3 is 34.4 Å². The van der Waals surface area contributed by atoms with Crippen LogP contribution in [0, 0.1) is 17.8 Å². The number of rotatable bonds is 8. The van der Waals surface area contributed by atoms with Gasteiger partial charge in [0.05, 0.1) is 31.2 Å². The number of likely N-dealkylation sites (tertiary alicyclic amines) is 1. The van der Waals surface area contributed by atoms with E-state index in [1.165, 1.54) is 12.0 Å². The Balaban J connectivity index is 1.51. The fourth-order valence-electron chi connectivity index (χ4n) is 7.91. The molecule has 5 bridgehead atoms. The number of halogens is 2. The van der Waals surface area contributed by atoms with E-state index in [1.807, 2.05) is 38.1 Å². The van der Waals surface area contributed by atoms with Crippen LogP contribution in [0.4, 0.5) is 5.69 Å². The van der Waals surface area contributed by atoms with Crippen molar-refractivity contribution in [1.82, 2.24) is 10.2 Å². The molecule has 4 aliphatic rings. The third kappa shape index (κ3) is 7.13. The number of allylic oxidation sites excluding steroid dienone is 1. The molecule has 2 aromatic rings. The van der Waals surface area contributed by atoms with Crippen molar-refractivity contribution in [2.75, 3.05) is 31.8 Å². The van der Waals surface area contributed by atoms with Crippen LogP contribution in [0.5, 0.6) is 0 Å². The monoisotopic (exact) mass is 783 g/mol. The van der Waals surface area contributed by atoms with Gasteiger partial charge in [0.15, 0.2) is 0 Å². The molecule has 1 spiro atoms. The van der Waals surface area contributed by atoms with Crippen molar-refractivity contribution in [3.8, 4) is 0 Å². The maximum Gasteiger partial charge on any atom is 0.313 e. The summed E-state index contributed by atoms with van der Waals surface area (Å²) in [6.45, 7) is 3.72. The predicted molar refractivity (Wildman–Crippen MR) is 194 cm³/mol. The SMILES string of the molecule is COC[C@@H]1NC(=O)CC/C=C\CN(c2ccc(Cl)cc2)C(=O)[C@H]2N([C@@H](CO)CC(C)C)C(=O)[C@@H]3[C@@H](C(=O)O[C@H]1c1ccccc1)[C@@H]1O[C@@]32C=C1Br. The van der Waals surface area contributed by atoms with Crippen LogP contribution >= 0.6 is 27.5 Å². The molecule has 6 rings (SSSR count). The Morgan fingerprint density at radius 3 is 2.43 bits per heavy atom. The fraction of sp³-hybridized carbons (Fsp3) is 0.474. The van der Waals surface area contributed by atoms with Gasteiger partial charge in [-0.25, -0.2) is 0 Å². The Hall–Kier alpha value is -3.55. The average Bonchev–Trinajstić information content (AvgIpc) is 3.70. The first kappa shape index (κ1) is 37.2. The lowest BCUT2D eigenvalue weighted by Gasteiger charge is -2.39. The molecule has 3 amide bonds. The van der Waals surface area contributed by atoms with Crippen LogP contribution in [-0.4, -0.2) is 90.4 Å². The summed E-state index contributed by atoms with van der Waals surface area (Å²) in [6.07, 6.45) is 4.41. The van der Waals surface area contributed by atoms with Crippen molar-refractivity contribution in [2.24, 2.45) is 17.8 Å². The molecule has 51 heavy (non-hydrogen) atoms. The molecule has 13 heteroatoms. The Morgan fingerprint density at radius 1 is 1.04 bits per heavy atom. The number of amides is 3. The highest BCUT2D eigenvalue weighted by atomic mass is 79.9. The van der Waals surface area contributed by atoms with E-state index in [0.717, 1.165) is 0 Å². The number of carbonyl (C=O) groups excluding carboxylic acids is 4. The number of carbonyl (C=O) groups is 4. The standard InChI is InChI=1S/C38H43BrClN3O8/c1-22(2)18-26(20-44)43-34-36(47)42(25-15-13-24(40)14-16-25)17-9-5-8-12-29(45)41-28(21-49-3)32(23-10-6-4-7-11-23)50-37(48)30-31(35(43)46)38(34)19-27(39)33(30)51-38/h4-7,9-11,13-16,19,22,26,28,30-34,44H,8,12,17-18,20-21H2,1-3H3,(H,41,45)/b9-5-/t26-,28+,30-,31+,32+,33-,34-,38+/m1/s1. The molecule has 0 unspecified atom stereocenters. The quantitative estimate of drug-likeness (QED) is 0.291. The van der Waals surface area contributed by atoms with Crippen LogP contribution in [0.15, 0.2) is 77.3 Å². The first-order chi connectivity index (χ1) is 24.5. The maximum absolute atomic E-state index is 15.1. The zero-order chi connectivity index (χ0) is 36.4. The third-order valence-corrected chi connectivity index (χ3v) is 11.0. The molecule has 8 atom stereocenters. The van der Waals surface area contributed by atoms with Crippen LogP contribution in [0.2, 0.25) is 5.02 Å². The van der Waals surface area contributed by atoms with E-state index < -0.39 is 72.2 Å². The van der Waals surface area contributed by atoms with E-state index in [0.29, 0.717) is 33.6 Å². The second-order valence-electron chi connectivity index (χ2n) is 13.9. The number of nitrogens with one attached hydrogen (secondary N) is 1. The number of nitrogens with zero attached hydrogens (tertiary/aromatic N) is 2. The smallest absolute Gasteiger partial charge is 0.313 e. The molecule has 2 N–H and O–H groups in total. The van der Waals surface area contributed by atoms with Crippen molar-refractivity contribution in [3.05, 3.63) is 87.9 Å². The number of benzene rings is 2. The molecule has 11 nitrogen and oxygen atoms in total. The van der Waals surface area contributed by atoms with Gasteiger partial charge in [-0.2, -0.15) is 0 Å². The summed E-state index contributed by atoms with van der Waals surface area (Å²) in [5.74, 6) is -4.10. The highest BCUT2D eigenvalue weighted by Gasteiger charge is 2.75. The van der Waals surface area contributed by atoms with E-state index in [-0.39, 0.29) is 31.4 Å². The Bertz CT molecular complexity index is 1690. The van der Waals surface area contributed by atoms with E-state index >= 15 is 4.79 Å². The minimum absolute atomic E-state index is 0.0443. The van der Waals surface area contributed by atoms with Crippen molar-refractivity contribution in [1.29, 1.82) is 0 Å². The summed E-state index contributed by atoms with van der Waals surface area (Å²) >= 11 is 9.83. The molecule has 2 saturated heterocycles. The van der Waals surface area contributed by atoms with Crippen molar-refractivity contribution in [2.45, 2.75) is 69.0 Å². The number of methoxy groups -OCH3 is 1. The lowest BCUT2D eigenvalue weighted by Crippen LogP contribution is -2.59. The molecule has 272 valence electrons. The molecule has 0 saturated carbocycles. The zero-order valence-electron chi connectivity index (χ0n) is 28.7. The van der Waals surface area contributed by atoms with Gasteiger partial charge in [0, 0.05) is 35.3 Å². The number of cyclic esters (lactones) is 1. The van der Waals surface area contributed by atoms with Crippen LogP contribution in [-0.2, 0) is 33.4 Å². The van der Waals surface area contributed by atoms with Crippen LogP contribution < -0.4 is 10.2 Å². The van der Waals surface area contributed by atoms with E-state index in [9.17, 15) is 19.5 Å². The van der Waals surface area contributed by atoms with Gasteiger partial charge in [-0.3, -0.25) is 19.2 Å². The number of hydrogen-bond donors (Lipinski definition) is 2. The number of hydrogen-bond acceptors (Lipinski definition) is 8. The van der Waals surface area contributed by atoms with Gasteiger partial charge in [0.25, 0.3) is 5.91 Å². The normalized spacial score (nSPS) is 31.0. The number of fused-ring (bicyclic) bond motifs is 2. The van der Waals surface area contributed by atoms with Crippen LogP contribution in [0.1, 0.15) is 44.8 Å². The molecule has 2 fully saturated rings. The van der Waals surface area contributed by atoms with Gasteiger partial charge in [-0.15, -0.1) is 0 Å². The Morgan fingerprint density at radius 2 is 1.76 bits per heavy atom. The second kappa shape index (κ2) is 15.6. The summed E-state index contributed by atoms with van der Waals surface area (Å²) in [6, 6.07) is 13.1. The highest BCUT2D eigenvalue weighted by Crippen LogP contribution is 2.59. The molecule has 4 heterocycles. The topological polar surface area (TPSA) is 135 Å². The number of esters is 1. The molecule has 0 aliphatic carbocycles.